The molecule has 0 amide bonds. The highest BCUT2D eigenvalue weighted by Crippen LogP contribution is 2.16. The minimum absolute atomic E-state index is 0.0959. The SMILES string of the molecule is CC(C)CCCCNc1cnn(CCO)c(=O)c1Br. The van der Waals surface area contributed by atoms with Gasteiger partial charge in [-0.3, -0.25) is 4.79 Å². The predicted molar refractivity (Wildman–Crippen MR) is 80.5 cm³/mol. The van der Waals surface area contributed by atoms with Crippen LogP contribution in [0.15, 0.2) is 15.5 Å². The lowest BCUT2D eigenvalue weighted by molar-refractivity contribution is 0.266. The molecule has 1 rings (SSSR count). The highest BCUT2D eigenvalue weighted by atomic mass is 79.9. The average molecular weight is 332 g/mol. The Morgan fingerprint density at radius 1 is 1.47 bits per heavy atom. The normalized spacial score (nSPS) is 11.0. The Kier molecular flexibility index (Phi) is 7.09. The van der Waals surface area contributed by atoms with Crippen molar-refractivity contribution in [2.24, 2.45) is 5.92 Å². The number of rotatable bonds is 8. The number of aromatic nitrogens is 2. The Balaban J connectivity index is 2.51. The van der Waals surface area contributed by atoms with E-state index in [0.29, 0.717) is 10.2 Å². The minimum atomic E-state index is -0.221. The van der Waals surface area contributed by atoms with Crippen molar-refractivity contribution >= 4 is 21.6 Å². The zero-order valence-electron chi connectivity index (χ0n) is 11.5. The van der Waals surface area contributed by atoms with Crippen LogP contribution in [0.25, 0.3) is 0 Å². The van der Waals surface area contributed by atoms with Crippen LogP contribution in [0.2, 0.25) is 0 Å². The molecule has 0 aromatic carbocycles. The first-order valence-corrected chi connectivity index (χ1v) is 7.46. The molecule has 2 N–H and O–H groups in total. The highest BCUT2D eigenvalue weighted by Gasteiger charge is 2.07. The van der Waals surface area contributed by atoms with Crippen LogP contribution >= 0.6 is 15.9 Å². The molecule has 0 radical (unpaired) electrons. The maximum atomic E-state index is 11.9. The van der Waals surface area contributed by atoms with Gasteiger partial charge in [0.2, 0.25) is 0 Å². The molecule has 0 aliphatic rings. The van der Waals surface area contributed by atoms with Gasteiger partial charge in [0, 0.05) is 6.54 Å². The quantitative estimate of drug-likeness (QED) is 0.717. The van der Waals surface area contributed by atoms with E-state index >= 15 is 0 Å². The molecule has 0 fully saturated rings. The maximum Gasteiger partial charge on any atom is 0.283 e. The van der Waals surface area contributed by atoms with Crippen molar-refractivity contribution < 1.29 is 5.11 Å². The van der Waals surface area contributed by atoms with Gasteiger partial charge < -0.3 is 10.4 Å². The van der Waals surface area contributed by atoms with Crippen molar-refractivity contribution in [3.05, 3.63) is 21.0 Å². The van der Waals surface area contributed by atoms with Crippen molar-refractivity contribution in [1.29, 1.82) is 0 Å². The van der Waals surface area contributed by atoms with Gasteiger partial charge in [0.1, 0.15) is 4.47 Å². The second-order valence-corrected chi connectivity index (χ2v) is 5.73. The third-order valence-electron chi connectivity index (χ3n) is 2.82. The molecule has 0 unspecified atom stereocenters. The van der Waals surface area contributed by atoms with E-state index in [1.54, 1.807) is 6.20 Å². The molecule has 6 heteroatoms. The molecule has 19 heavy (non-hydrogen) atoms. The van der Waals surface area contributed by atoms with Gasteiger partial charge >= 0.3 is 0 Å². The van der Waals surface area contributed by atoms with Gasteiger partial charge in [-0.25, -0.2) is 4.68 Å². The third-order valence-corrected chi connectivity index (χ3v) is 3.59. The fourth-order valence-corrected chi connectivity index (χ4v) is 2.19. The van der Waals surface area contributed by atoms with Gasteiger partial charge in [-0.1, -0.05) is 26.7 Å². The fourth-order valence-electron chi connectivity index (χ4n) is 1.74. The summed E-state index contributed by atoms with van der Waals surface area (Å²) in [5.41, 5.74) is 0.491. The van der Waals surface area contributed by atoms with Gasteiger partial charge in [0.05, 0.1) is 25.0 Å². The van der Waals surface area contributed by atoms with Crippen LogP contribution in [0.4, 0.5) is 5.69 Å². The van der Waals surface area contributed by atoms with Crippen LogP contribution in [0.3, 0.4) is 0 Å². The molecule has 0 aliphatic heterocycles. The highest BCUT2D eigenvalue weighted by molar-refractivity contribution is 9.10. The summed E-state index contributed by atoms with van der Waals surface area (Å²) < 4.78 is 1.72. The lowest BCUT2D eigenvalue weighted by Gasteiger charge is -2.10. The van der Waals surface area contributed by atoms with E-state index in [4.69, 9.17) is 5.11 Å². The number of aliphatic hydroxyl groups excluding tert-OH is 1. The number of hydrogen-bond acceptors (Lipinski definition) is 4. The van der Waals surface area contributed by atoms with Crippen molar-refractivity contribution in [2.45, 2.75) is 39.7 Å². The van der Waals surface area contributed by atoms with Crippen LogP contribution < -0.4 is 10.9 Å². The molecule has 0 aliphatic carbocycles. The largest absolute Gasteiger partial charge is 0.394 e. The van der Waals surface area contributed by atoms with Crippen molar-refractivity contribution in [3.63, 3.8) is 0 Å². The number of nitrogens with zero attached hydrogens (tertiary/aromatic N) is 2. The predicted octanol–water partition coefficient (Wildman–Crippen LogP) is 2.24. The van der Waals surface area contributed by atoms with Gasteiger partial charge in [-0.05, 0) is 28.3 Å². The summed E-state index contributed by atoms with van der Waals surface area (Å²) in [4.78, 5) is 11.9. The number of unbranched alkanes of at least 4 members (excludes halogenated alkanes) is 1. The molecule has 1 aromatic rings. The molecular weight excluding hydrogens is 310 g/mol. The third kappa shape index (κ3) is 5.32. The number of hydrogen-bond donors (Lipinski definition) is 2. The van der Waals surface area contributed by atoms with E-state index in [9.17, 15) is 4.79 Å². The zero-order chi connectivity index (χ0) is 14.3. The summed E-state index contributed by atoms with van der Waals surface area (Å²) in [5.74, 6) is 0.732. The summed E-state index contributed by atoms with van der Waals surface area (Å²) >= 11 is 3.28. The summed E-state index contributed by atoms with van der Waals surface area (Å²) in [6.07, 6.45) is 5.09. The number of halogens is 1. The van der Waals surface area contributed by atoms with E-state index in [1.165, 1.54) is 17.5 Å². The van der Waals surface area contributed by atoms with Gasteiger partial charge in [0.15, 0.2) is 0 Å². The topological polar surface area (TPSA) is 67.2 Å². The first-order chi connectivity index (χ1) is 9.06. The standard InChI is InChI=1S/C13H22BrN3O2/c1-10(2)5-3-4-6-15-11-9-16-17(7-8-18)13(19)12(11)14/h9-10,15,18H,3-8H2,1-2H3. The number of nitrogens with one attached hydrogen (secondary N) is 1. The average Bonchev–Trinajstić information content (AvgIpc) is 2.37. The van der Waals surface area contributed by atoms with Crippen LogP contribution in [0, 0.1) is 5.92 Å². The van der Waals surface area contributed by atoms with E-state index in [0.717, 1.165) is 18.9 Å². The molecule has 0 spiro atoms. The summed E-state index contributed by atoms with van der Waals surface area (Å²) in [6.45, 7) is 5.38. The van der Waals surface area contributed by atoms with Crippen LogP contribution in [-0.4, -0.2) is 28.0 Å². The zero-order valence-corrected chi connectivity index (χ0v) is 13.1. The van der Waals surface area contributed by atoms with Gasteiger partial charge in [-0.2, -0.15) is 5.10 Å². The maximum absolute atomic E-state index is 11.9. The molecule has 0 saturated heterocycles. The van der Waals surface area contributed by atoms with Gasteiger partial charge in [-0.15, -0.1) is 0 Å². The van der Waals surface area contributed by atoms with Crippen molar-refractivity contribution in [1.82, 2.24) is 9.78 Å². The molecule has 1 heterocycles. The Morgan fingerprint density at radius 2 is 2.21 bits per heavy atom. The van der Waals surface area contributed by atoms with E-state index in [-0.39, 0.29) is 18.7 Å². The fraction of sp³-hybridized carbons (Fsp3) is 0.692. The smallest absolute Gasteiger partial charge is 0.283 e. The van der Waals surface area contributed by atoms with Gasteiger partial charge in [0.25, 0.3) is 5.56 Å². The van der Waals surface area contributed by atoms with Crippen molar-refractivity contribution in [3.8, 4) is 0 Å². The molecule has 5 nitrogen and oxygen atoms in total. The first-order valence-electron chi connectivity index (χ1n) is 6.66. The molecule has 0 saturated carbocycles. The lowest BCUT2D eigenvalue weighted by atomic mass is 10.1. The Labute approximate surface area is 122 Å². The van der Waals surface area contributed by atoms with Crippen LogP contribution in [0.5, 0.6) is 0 Å². The summed E-state index contributed by atoms with van der Waals surface area (Å²) in [5, 5.41) is 16.0. The second kappa shape index (κ2) is 8.32. The molecule has 0 atom stereocenters. The van der Waals surface area contributed by atoms with Crippen LogP contribution in [-0.2, 0) is 6.54 Å². The summed E-state index contributed by atoms with van der Waals surface area (Å²) in [7, 11) is 0. The molecule has 108 valence electrons. The number of aliphatic hydroxyl groups is 1. The van der Waals surface area contributed by atoms with E-state index in [2.05, 4.69) is 40.2 Å². The summed E-state index contributed by atoms with van der Waals surface area (Å²) in [6, 6.07) is 0. The monoisotopic (exact) mass is 331 g/mol. The van der Waals surface area contributed by atoms with Crippen molar-refractivity contribution in [2.75, 3.05) is 18.5 Å². The Morgan fingerprint density at radius 3 is 2.84 bits per heavy atom. The molecule has 1 aromatic heterocycles. The molecular formula is C13H22BrN3O2. The minimum Gasteiger partial charge on any atom is -0.394 e. The Bertz CT molecular complexity index is 446. The first kappa shape index (κ1) is 16.2. The number of anilines is 1. The molecule has 0 bridgehead atoms. The van der Waals surface area contributed by atoms with E-state index in [1.807, 2.05) is 0 Å². The second-order valence-electron chi connectivity index (χ2n) is 4.94. The van der Waals surface area contributed by atoms with Crippen LogP contribution in [0.1, 0.15) is 33.1 Å². The Hall–Kier alpha value is -0.880. The van der Waals surface area contributed by atoms with E-state index < -0.39 is 0 Å². The lowest BCUT2D eigenvalue weighted by Crippen LogP contribution is -2.26.